The summed E-state index contributed by atoms with van der Waals surface area (Å²) in [5.41, 5.74) is -4.13. The first-order valence-corrected chi connectivity index (χ1v) is 9.26. The minimum Gasteiger partial charge on any atom is -0.227 e. The fourth-order valence-corrected chi connectivity index (χ4v) is 4.11. The average Bonchev–Trinajstić information content (AvgIpc) is 2.37. The first-order chi connectivity index (χ1) is 10.0. The van der Waals surface area contributed by atoms with Gasteiger partial charge in [0.2, 0.25) is 0 Å². The van der Waals surface area contributed by atoms with E-state index in [1.54, 1.807) is 6.07 Å². The molecule has 0 N–H and O–H groups in total. The van der Waals surface area contributed by atoms with Crippen molar-refractivity contribution in [3.8, 4) is 6.07 Å². The lowest BCUT2D eigenvalue weighted by molar-refractivity contribution is -0.0327. The van der Waals surface area contributed by atoms with Gasteiger partial charge in [-0.25, -0.2) is 8.42 Å². The Labute approximate surface area is 140 Å². The number of hydrogen-bond acceptors (Lipinski definition) is 4. The Hall–Kier alpha value is -0.620. The van der Waals surface area contributed by atoms with Crippen molar-refractivity contribution >= 4 is 44.8 Å². The number of rotatable bonds is 6. The number of hydrogen-bond donors (Lipinski definition) is 0. The Morgan fingerprint density at radius 1 is 1.27 bits per heavy atom. The van der Waals surface area contributed by atoms with E-state index in [1.807, 2.05) is 0 Å². The molecule has 0 saturated carbocycles. The van der Waals surface area contributed by atoms with Crippen LogP contribution in [0.4, 0.5) is 13.2 Å². The van der Waals surface area contributed by atoms with Crippen LogP contribution in [0.25, 0.3) is 0 Å². The molecule has 22 heavy (non-hydrogen) atoms. The average molecular weight is 392 g/mol. The SMILES string of the molecule is N#CC(CCSC(F)(F)F)S(=O)(=O)Cc1ccc(Cl)c(Cl)c1. The molecule has 0 saturated heterocycles. The van der Waals surface area contributed by atoms with Crippen LogP contribution in [0.15, 0.2) is 18.2 Å². The summed E-state index contributed by atoms with van der Waals surface area (Å²) in [6.45, 7) is 0. The minimum absolute atomic E-state index is 0.163. The van der Waals surface area contributed by atoms with Gasteiger partial charge in [-0.15, -0.1) is 0 Å². The lowest BCUT2D eigenvalue weighted by atomic mass is 10.2. The fraction of sp³-hybridized carbons (Fsp3) is 0.417. The standard InChI is InChI=1S/C12H10Cl2F3NO2S2/c13-10-2-1-8(5-11(10)14)7-22(19,20)9(6-18)3-4-21-12(15,16)17/h1-2,5,9H,3-4,7H2. The fourth-order valence-electron chi connectivity index (χ4n) is 1.57. The molecule has 122 valence electrons. The number of halogens is 5. The Morgan fingerprint density at radius 3 is 2.41 bits per heavy atom. The van der Waals surface area contributed by atoms with E-state index in [9.17, 15) is 21.6 Å². The van der Waals surface area contributed by atoms with Crippen molar-refractivity contribution in [2.24, 2.45) is 0 Å². The van der Waals surface area contributed by atoms with E-state index in [-0.39, 0.29) is 21.8 Å². The molecular formula is C12H10Cl2F3NO2S2. The van der Waals surface area contributed by atoms with E-state index in [1.165, 1.54) is 18.2 Å². The second kappa shape index (κ2) is 7.77. The van der Waals surface area contributed by atoms with Gasteiger partial charge in [-0.1, -0.05) is 41.0 Å². The van der Waals surface area contributed by atoms with Crippen molar-refractivity contribution in [2.75, 3.05) is 5.75 Å². The van der Waals surface area contributed by atoms with Crippen LogP contribution in [0.1, 0.15) is 12.0 Å². The molecule has 1 atom stereocenters. The predicted molar refractivity (Wildman–Crippen MR) is 81.6 cm³/mol. The third-order valence-corrected chi connectivity index (χ3v) is 6.03. The summed E-state index contributed by atoms with van der Waals surface area (Å²) in [6.07, 6.45) is -0.398. The molecule has 0 heterocycles. The van der Waals surface area contributed by atoms with Crippen molar-refractivity contribution in [2.45, 2.75) is 22.9 Å². The maximum atomic E-state index is 12.1. The summed E-state index contributed by atoms with van der Waals surface area (Å²) in [6, 6.07) is 5.74. The van der Waals surface area contributed by atoms with Gasteiger partial charge >= 0.3 is 5.51 Å². The molecule has 0 aliphatic carbocycles. The predicted octanol–water partition coefficient (Wildman–Crippen LogP) is 4.44. The van der Waals surface area contributed by atoms with E-state index < -0.39 is 38.5 Å². The Balaban J connectivity index is 2.77. The second-order valence-electron chi connectivity index (χ2n) is 4.26. The molecular weight excluding hydrogens is 382 g/mol. The molecule has 10 heteroatoms. The highest BCUT2D eigenvalue weighted by Gasteiger charge is 2.31. The van der Waals surface area contributed by atoms with E-state index in [0.29, 0.717) is 5.56 Å². The summed E-state index contributed by atoms with van der Waals surface area (Å²) in [4.78, 5) is 0. The van der Waals surface area contributed by atoms with Crippen molar-refractivity contribution in [1.82, 2.24) is 0 Å². The van der Waals surface area contributed by atoms with Crippen LogP contribution >= 0.6 is 35.0 Å². The molecule has 0 aromatic heterocycles. The molecule has 0 amide bonds. The second-order valence-corrected chi connectivity index (χ2v) is 8.41. The van der Waals surface area contributed by atoms with E-state index in [2.05, 4.69) is 0 Å². The number of benzene rings is 1. The van der Waals surface area contributed by atoms with Gasteiger partial charge < -0.3 is 0 Å². The molecule has 1 rings (SSSR count). The molecule has 1 aromatic rings. The Bertz CT molecular complexity index is 672. The molecule has 1 unspecified atom stereocenters. The van der Waals surface area contributed by atoms with Crippen LogP contribution < -0.4 is 0 Å². The molecule has 0 aliphatic heterocycles. The number of thioether (sulfide) groups is 1. The highest BCUT2D eigenvalue weighted by Crippen LogP contribution is 2.31. The van der Waals surface area contributed by atoms with Gasteiger partial charge in [0.1, 0.15) is 5.25 Å². The summed E-state index contributed by atoms with van der Waals surface area (Å²) >= 11 is 11.1. The summed E-state index contributed by atoms with van der Waals surface area (Å²) in [5.74, 6) is -0.985. The van der Waals surface area contributed by atoms with Crippen molar-refractivity contribution in [1.29, 1.82) is 5.26 Å². The summed E-state index contributed by atoms with van der Waals surface area (Å²) < 4.78 is 60.3. The van der Waals surface area contributed by atoms with Gasteiger partial charge in [-0.3, -0.25) is 0 Å². The highest BCUT2D eigenvalue weighted by atomic mass is 35.5. The van der Waals surface area contributed by atoms with Crippen molar-refractivity contribution in [3.05, 3.63) is 33.8 Å². The number of nitrogens with zero attached hydrogens (tertiary/aromatic N) is 1. The number of nitriles is 1. The maximum Gasteiger partial charge on any atom is 0.441 e. The molecule has 1 aromatic carbocycles. The van der Waals surface area contributed by atoms with Crippen LogP contribution in [0.3, 0.4) is 0 Å². The zero-order chi connectivity index (χ0) is 17.0. The topological polar surface area (TPSA) is 57.9 Å². The minimum atomic E-state index is -4.45. The maximum absolute atomic E-state index is 12.1. The normalized spacial score (nSPS) is 13.6. The largest absolute Gasteiger partial charge is 0.441 e. The summed E-state index contributed by atoms with van der Waals surface area (Å²) in [7, 11) is -3.92. The van der Waals surface area contributed by atoms with Gasteiger partial charge in [0.25, 0.3) is 0 Å². The molecule has 3 nitrogen and oxygen atoms in total. The van der Waals surface area contributed by atoms with Gasteiger partial charge in [-0.2, -0.15) is 18.4 Å². The number of sulfone groups is 1. The van der Waals surface area contributed by atoms with E-state index >= 15 is 0 Å². The lowest BCUT2D eigenvalue weighted by Gasteiger charge is -2.12. The summed E-state index contributed by atoms with van der Waals surface area (Å²) in [5, 5.41) is 7.81. The quantitative estimate of drug-likeness (QED) is 0.718. The molecule has 0 aliphatic rings. The van der Waals surface area contributed by atoms with Crippen LogP contribution in [-0.2, 0) is 15.6 Å². The molecule has 0 radical (unpaired) electrons. The Morgan fingerprint density at radius 2 is 1.91 bits per heavy atom. The van der Waals surface area contributed by atoms with Crippen LogP contribution in [0, 0.1) is 11.3 Å². The van der Waals surface area contributed by atoms with Crippen molar-refractivity contribution in [3.63, 3.8) is 0 Å². The van der Waals surface area contributed by atoms with Crippen molar-refractivity contribution < 1.29 is 21.6 Å². The van der Waals surface area contributed by atoms with Crippen LogP contribution in [-0.4, -0.2) is 24.9 Å². The monoisotopic (exact) mass is 391 g/mol. The van der Waals surface area contributed by atoms with E-state index in [0.717, 1.165) is 0 Å². The van der Waals surface area contributed by atoms with Crippen LogP contribution in [0.5, 0.6) is 0 Å². The van der Waals surface area contributed by atoms with Crippen LogP contribution in [0.2, 0.25) is 10.0 Å². The van der Waals surface area contributed by atoms with Gasteiger partial charge in [0, 0.05) is 5.75 Å². The third kappa shape index (κ3) is 6.24. The number of alkyl halides is 3. The zero-order valence-electron chi connectivity index (χ0n) is 10.9. The van der Waals surface area contributed by atoms with Gasteiger partial charge in [0.15, 0.2) is 9.84 Å². The van der Waals surface area contributed by atoms with E-state index in [4.69, 9.17) is 28.5 Å². The lowest BCUT2D eigenvalue weighted by Crippen LogP contribution is -2.22. The third-order valence-electron chi connectivity index (χ3n) is 2.58. The molecule has 0 spiro atoms. The smallest absolute Gasteiger partial charge is 0.227 e. The Kier molecular flexibility index (Phi) is 6.86. The highest BCUT2D eigenvalue weighted by molar-refractivity contribution is 8.00. The molecule has 0 bridgehead atoms. The molecule has 0 fully saturated rings. The first kappa shape index (κ1) is 19.4. The van der Waals surface area contributed by atoms with Gasteiger partial charge in [-0.05, 0) is 24.1 Å². The zero-order valence-corrected chi connectivity index (χ0v) is 14.0. The first-order valence-electron chi connectivity index (χ1n) is 5.81. The van der Waals surface area contributed by atoms with Gasteiger partial charge in [0.05, 0.1) is 21.9 Å².